The number of amides is 2. The third-order valence-electron chi connectivity index (χ3n) is 6.91. The number of sulfonamides is 1. The van der Waals surface area contributed by atoms with Crippen molar-refractivity contribution in [2.75, 3.05) is 39.2 Å². The molecule has 0 radical (unpaired) electrons. The molecule has 9 nitrogen and oxygen atoms in total. The van der Waals surface area contributed by atoms with Crippen LogP contribution in [0.5, 0.6) is 11.5 Å². The van der Waals surface area contributed by atoms with Crippen molar-refractivity contribution < 1.29 is 27.8 Å². The first-order valence-corrected chi connectivity index (χ1v) is 14.7. The molecule has 1 aliphatic rings. The zero-order valence-electron chi connectivity index (χ0n) is 23.6. The quantitative estimate of drug-likeness (QED) is 0.429. The molecule has 0 saturated heterocycles. The molecule has 0 bridgehead atoms. The molecule has 3 atom stereocenters. The lowest BCUT2D eigenvalue weighted by Crippen LogP contribution is -2.50. The van der Waals surface area contributed by atoms with Crippen LogP contribution in [-0.4, -0.2) is 74.8 Å². The Kier molecular flexibility index (Phi) is 9.55. The standard InChI is InChI=1S/C31H35N3O6S/c1-22-19-34(23(2)21-35)41(37,38)30-16-15-25(14-13-24-9-6-5-7-10-24)17-28(30)40-29(22)20-33(3)31(36)32-26-11-8-12-27(18-26)39-4/h5-12,15-18,22-23,29,35H,19-21H2,1-4H3,(H,32,36)/t22-,23-,29-/m1/s1. The predicted molar refractivity (Wildman–Crippen MR) is 158 cm³/mol. The summed E-state index contributed by atoms with van der Waals surface area (Å²) in [7, 11) is -0.787. The molecule has 0 aliphatic carbocycles. The van der Waals surface area contributed by atoms with Crippen molar-refractivity contribution in [3.8, 4) is 23.3 Å². The number of rotatable bonds is 6. The number of methoxy groups -OCH3 is 1. The van der Waals surface area contributed by atoms with E-state index in [0.717, 1.165) is 5.56 Å². The van der Waals surface area contributed by atoms with E-state index in [-0.39, 0.29) is 42.3 Å². The van der Waals surface area contributed by atoms with Crippen molar-refractivity contribution in [2.24, 2.45) is 5.92 Å². The van der Waals surface area contributed by atoms with Crippen molar-refractivity contribution in [1.82, 2.24) is 9.21 Å². The number of anilines is 1. The third-order valence-corrected chi connectivity index (χ3v) is 8.93. The number of aliphatic hydroxyl groups is 1. The highest BCUT2D eigenvalue weighted by atomic mass is 32.2. The lowest BCUT2D eigenvalue weighted by Gasteiger charge is -2.37. The van der Waals surface area contributed by atoms with Crippen LogP contribution in [0.25, 0.3) is 0 Å². The van der Waals surface area contributed by atoms with Crippen LogP contribution in [0.15, 0.2) is 77.7 Å². The van der Waals surface area contributed by atoms with Gasteiger partial charge in [-0.25, -0.2) is 13.2 Å². The minimum Gasteiger partial charge on any atom is -0.497 e. The van der Waals surface area contributed by atoms with Crippen molar-refractivity contribution >= 4 is 21.7 Å². The van der Waals surface area contributed by atoms with Crippen molar-refractivity contribution in [3.63, 3.8) is 0 Å². The second-order valence-corrected chi connectivity index (χ2v) is 11.9. The van der Waals surface area contributed by atoms with Crippen molar-refractivity contribution in [2.45, 2.75) is 30.9 Å². The third kappa shape index (κ3) is 7.19. The minimum atomic E-state index is -3.99. The first-order valence-electron chi connectivity index (χ1n) is 13.3. The van der Waals surface area contributed by atoms with Crippen molar-refractivity contribution in [3.05, 3.63) is 83.9 Å². The number of carbonyl (C=O) groups excluding carboxylic acids is 1. The van der Waals surface area contributed by atoms with Crippen LogP contribution in [0.2, 0.25) is 0 Å². The van der Waals surface area contributed by atoms with E-state index in [4.69, 9.17) is 9.47 Å². The van der Waals surface area contributed by atoms with Crippen LogP contribution in [0, 0.1) is 17.8 Å². The molecule has 0 aromatic heterocycles. The maximum atomic E-state index is 13.7. The van der Waals surface area contributed by atoms with E-state index >= 15 is 0 Å². The van der Waals surface area contributed by atoms with E-state index in [9.17, 15) is 18.3 Å². The van der Waals surface area contributed by atoms with Crippen LogP contribution in [-0.2, 0) is 10.0 Å². The maximum Gasteiger partial charge on any atom is 0.321 e. The van der Waals surface area contributed by atoms with E-state index in [0.29, 0.717) is 17.0 Å². The van der Waals surface area contributed by atoms with Crippen LogP contribution < -0.4 is 14.8 Å². The van der Waals surface area contributed by atoms with E-state index in [1.807, 2.05) is 37.3 Å². The fourth-order valence-electron chi connectivity index (χ4n) is 4.46. The van der Waals surface area contributed by atoms with Gasteiger partial charge in [-0.1, -0.05) is 43.0 Å². The molecule has 10 heteroatoms. The summed E-state index contributed by atoms with van der Waals surface area (Å²) in [6, 6.07) is 20.3. The Bertz CT molecular complexity index is 1530. The van der Waals surface area contributed by atoms with E-state index in [1.54, 1.807) is 57.5 Å². The molecule has 3 aromatic rings. The van der Waals surface area contributed by atoms with Gasteiger partial charge in [-0.05, 0) is 49.4 Å². The number of hydrogen-bond acceptors (Lipinski definition) is 6. The van der Waals surface area contributed by atoms with Gasteiger partial charge in [-0.15, -0.1) is 0 Å². The molecule has 2 N–H and O–H groups in total. The molecular formula is C31H35N3O6S. The zero-order chi connectivity index (χ0) is 29.6. The van der Waals surface area contributed by atoms with Crippen LogP contribution in [0.3, 0.4) is 0 Å². The van der Waals surface area contributed by atoms with Gasteiger partial charge >= 0.3 is 6.03 Å². The monoisotopic (exact) mass is 577 g/mol. The first-order chi connectivity index (χ1) is 19.6. The first kappa shape index (κ1) is 29.9. The number of urea groups is 1. The highest BCUT2D eigenvalue weighted by molar-refractivity contribution is 7.89. The lowest BCUT2D eigenvalue weighted by molar-refractivity contribution is 0.0830. The van der Waals surface area contributed by atoms with Crippen LogP contribution >= 0.6 is 0 Å². The van der Waals surface area contributed by atoms with Crippen LogP contribution in [0.1, 0.15) is 25.0 Å². The highest BCUT2D eigenvalue weighted by Crippen LogP contribution is 2.34. The second kappa shape index (κ2) is 13.1. The normalized spacial score (nSPS) is 18.8. The molecule has 41 heavy (non-hydrogen) atoms. The number of benzene rings is 3. The summed E-state index contributed by atoms with van der Waals surface area (Å²) in [5.74, 6) is 6.61. The number of aliphatic hydroxyl groups excluding tert-OH is 1. The summed E-state index contributed by atoms with van der Waals surface area (Å²) in [6.07, 6.45) is -0.559. The van der Waals surface area contributed by atoms with Gasteiger partial charge in [0.15, 0.2) is 0 Å². The molecule has 1 aliphatic heterocycles. The Hall–Kier alpha value is -4.04. The Morgan fingerprint density at radius 3 is 2.56 bits per heavy atom. The van der Waals surface area contributed by atoms with Crippen LogP contribution in [0.4, 0.5) is 10.5 Å². The Labute approximate surface area is 241 Å². The second-order valence-electron chi connectivity index (χ2n) is 10.1. The summed E-state index contributed by atoms with van der Waals surface area (Å²) < 4.78 is 40.3. The van der Waals surface area contributed by atoms with Gasteiger partial charge in [0, 0.05) is 48.4 Å². The number of carbonyl (C=O) groups is 1. The summed E-state index contributed by atoms with van der Waals surface area (Å²) >= 11 is 0. The van der Waals surface area contributed by atoms with Gasteiger partial charge in [0.05, 0.1) is 20.3 Å². The number of nitrogens with zero attached hydrogens (tertiary/aromatic N) is 2. The Balaban J connectivity index is 1.65. The molecule has 0 spiro atoms. The van der Waals surface area contributed by atoms with Gasteiger partial charge in [0.1, 0.15) is 22.5 Å². The van der Waals surface area contributed by atoms with Gasteiger partial charge in [0.2, 0.25) is 10.0 Å². The molecule has 2 amide bonds. The Morgan fingerprint density at radius 1 is 1.12 bits per heavy atom. The number of hydrogen-bond donors (Lipinski definition) is 2. The summed E-state index contributed by atoms with van der Waals surface area (Å²) in [6.45, 7) is 3.48. The molecule has 3 aromatic carbocycles. The number of likely N-dealkylation sites (N-methyl/N-ethyl adjacent to an activating group) is 1. The summed E-state index contributed by atoms with van der Waals surface area (Å²) in [5.41, 5.74) is 1.99. The molecular weight excluding hydrogens is 542 g/mol. The fraction of sp³-hybridized carbons (Fsp3) is 0.323. The van der Waals surface area contributed by atoms with Gasteiger partial charge < -0.3 is 24.8 Å². The topological polar surface area (TPSA) is 108 Å². The predicted octanol–water partition coefficient (Wildman–Crippen LogP) is 4.03. The van der Waals surface area contributed by atoms with Crippen molar-refractivity contribution in [1.29, 1.82) is 0 Å². The molecule has 0 unspecified atom stereocenters. The summed E-state index contributed by atoms with van der Waals surface area (Å²) in [4.78, 5) is 14.5. The highest BCUT2D eigenvalue weighted by Gasteiger charge is 2.38. The largest absolute Gasteiger partial charge is 0.497 e. The fourth-order valence-corrected chi connectivity index (χ4v) is 6.29. The molecule has 0 saturated carbocycles. The van der Waals surface area contributed by atoms with E-state index < -0.39 is 22.2 Å². The molecule has 216 valence electrons. The lowest BCUT2D eigenvalue weighted by atomic mass is 10.0. The SMILES string of the molecule is COc1cccc(NC(=O)N(C)C[C@H]2Oc3cc(C#Cc4ccccc4)ccc3S(=O)(=O)N([C@H](C)CO)C[C@H]2C)c1. The van der Waals surface area contributed by atoms with Gasteiger partial charge in [-0.3, -0.25) is 0 Å². The van der Waals surface area contributed by atoms with Gasteiger partial charge in [-0.2, -0.15) is 4.31 Å². The smallest absolute Gasteiger partial charge is 0.321 e. The number of ether oxygens (including phenoxy) is 2. The average molecular weight is 578 g/mol. The van der Waals surface area contributed by atoms with E-state index in [1.165, 1.54) is 15.3 Å². The number of nitrogens with one attached hydrogen (secondary N) is 1. The molecule has 4 rings (SSSR count). The van der Waals surface area contributed by atoms with Gasteiger partial charge in [0.25, 0.3) is 0 Å². The molecule has 1 heterocycles. The maximum absolute atomic E-state index is 13.7. The number of fused-ring (bicyclic) bond motifs is 1. The minimum absolute atomic E-state index is 0.0107. The Morgan fingerprint density at radius 2 is 1.85 bits per heavy atom. The average Bonchev–Trinajstić information content (AvgIpc) is 2.97. The molecule has 0 fully saturated rings. The zero-order valence-corrected chi connectivity index (χ0v) is 24.4. The summed E-state index contributed by atoms with van der Waals surface area (Å²) in [5, 5.41) is 12.7. The van der Waals surface area contributed by atoms with E-state index in [2.05, 4.69) is 17.2 Å².